The lowest BCUT2D eigenvalue weighted by Crippen LogP contribution is -2.48. The number of benzene rings is 2. The molecule has 0 bridgehead atoms. The number of carbonyl (C=O) groups is 2. The topological polar surface area (TPSA) is 111 Å². The highest BCUT2D eigenvalue weighted by atomic mass is 16.5. The highest BCUT2D eigenvalue weighted by Crippen LogP contribution is 2.51. The first-order valence-corrected chi connectivity index (χ1v) is 15.6. The second-order valence-corrected chi connectivity index (χ2v) is 12.6. The van der Waals surface area contributed by atoms with Crippen molar-refractivity contribution in [1.82, 2.24) is 9.80 Å². The largest absolute Gasteiger partial charge is 0.508 e. The molecule has 4 atom stereocenters. The zero-order chi connectivity index (χ0) is 30.1. The fourth-order valence-corrected chi connectivity index (χ4v) is 7.76. The van der Waals surface area contributed by atoms with Gasteiger partial charge >= 0.3 is 7.12 Å². The molecule has 2 amide bonds. The Balaban J connectivity index is 1.15. The van der Waals surface area contributed by atoms with Crippen LogP contribution in [0.4, 0.5) is 0 Å². The van der Waals surface area contributed by atoms with Crippen LogP contribution in [0, 0.1) is 17.8 Å². The lowest BCUT2D eigenvalue weighted by atomic mass is 9.58. The van der Waals surface area contributed by atoms with Crippen molar-refractivity contribution in [2.24, 2.45) is 17.8 Å². The second kappa shape index (κ2) is 12.8. The van der Waals surface area contributed by atoms with Crippen LogP contribution in [0.1, 0.15) is 50.2 Å². The monoisotopic (exact) mass is 584 g/mol. The number of piperidine rings is 1. The van der Waals surface area contributed by atoms with Gasteiger partial charge in [0.05, 0.1) is 24.5 Å². The molecule has 0 spiro atoms. The summed E-state index contributed by atoms with van der Waals surface area (Å²) in [5.74, 6) is -1.35. The van der Waals surface area contributed by atoms with Crippen LogP contribution in [0.5, 0.6) is 5.75 Å². The maximum atomic E-state index is 14.0. The minimum atomic E-state index is -1.03. The average molecular weight is 585 g/mol. The molecule has 3 saturated heterocycles. The van der Waals surface area contributed by atoms with E-state index in [9.17, 15) is 24.8 Å². The number of likely N-dealkylation sites (tertiary alicyclic amines) is 2. The molecule has 43 heavy (non-hydrogen) atoms. The number of allylic oxidation sites excluding steroid dienone is 1. The number of phenols is 1. The van der Waals surface area contributed by atoms with Crippen molar-refractivity contribution in [3.8, 4) is 5.75 Å². The van der Waals surface area contributed by atoms with Crippen LogP contribution in [0.3, 0.4) is 0 Å². The molecule has 3 fully saturated rings. The fraction of sp³-hybridized carbons (Fsp3) is 0.471. The van der Waals surface area contributed by atoms with Crippen molar-refractivity contribution in [2.45, 2.75) is 64.0 Å². The van der Waals surface area contributed by atoms with Gasteiger partial charge in [0.25, 0.3) is 0 Å². The van der Waals surface area contributed by atoms with Crippen molar-refractivity contribution in [3.05, 3.63) is 82.4 Å². The summed E-state index contributed by atoms with van der Waals surface area (Å²) >= 11 is 0. The lowest BCUT2D eigenvalue weighted by molar-refractivity contribution is -0.144. The quantitative estimate of drug-likeness (QED) is 0.244. The van der Waals surface area contributed by atoms with Gasteiger partial charge in [-0.05, 0) is 85.7 Å². The highest BCUT2D eigenvalue weighted by Gasteiger charge is 2.58. The van der Waals surface area contributed by atoms with Crippen molar-refractivity contribution < 1.29 is 29.5 Å². The maximum Gasteiger partial charge on any atom is 0.455 e. The Labute approximate surface area is 253 Å². The van der Waals surface area contributed by atoms with E-state index in [0.717, 1.165) is 54.8 Å². The SMILES string of the molecule is C/C(=C\c1ccc(O)cc1)CC[C@H]1OB(O)C[C@H]2C1=C(CO)C[C@H]1C(=O)N(C3CCN(Cc4ccccc4)CC3)C(=O)[C@H]12. The molecule has 3 N–H and O–H groups in total. The van der Waals surface area contributed by atoms with E-state index < -0.39 is 25.1 Å². The number of carbonyl (C=O) groups excluding carboxylic acids is 2. The number of amides is 2. The third-order valence-corrected chi connectivity index (χ3v) is 9.81. The maximum absolute atomic E-state index is 14.0. The van der Waals surface area contributed by atoms with Crippen LogP contribution >= 0.6 is 0 Å². The molecule has 226 valence electrons. The van der Waals surface area contributed by atoms with Crippen LogP contribution < -0.4 is 0 Å². The number of aliphatic hydroxyl groups excluding tert-OH is 1. The van der Waals surface area contributed by atoms with E-state index in [1.54, 1.807) is 17.0 Å². The van der Waals surface area contributed by atoms with Gasteiger partial charge < -0.3 is 19.9 Å². The van der Waals surface area contributed by atoms with E-state index >= 15 is 0 Å². The number of aromatic hydroxyl groups is 1. The molecular formula is C34H41BN2O6. The van der Waals surface area contributed by atoms with Gasteiger partial charge in [-0.3, -0.25) is 19.4 Å². The molecule has 0 unspecified atom stereocenters. The van der Waals surface area contributed by atoms with Crippen LogP contribution in [0.2, 0.25) is 6.32 Å². The van der Waals surface area contributed by atoms with E-state index in [1.165, 1.54) is 5.56 Å². The first-order chi connectivity index (χ1) is 20.8. The summed E-state index contributed by atoms with van der Waals surface area (Å²) in [6.45, 7) is 4.36. The number of rotatable bonds is 8. The third kappa shape index (κ3) is 6.22. The molecule has 0 aromatic heterocycles. The number of hydrogen-bond acceptors (Lipinski definition) is 7. The van der Waals surface area contributed by atoms with Gasteiger partial charge in [0.15, 0.2) is 0 Å². The van der Waals surface area contributed by atoms with Crippen LogP contribution in [-0.2, 0) is 20.8 Å². The molecule has 8 nitrogen and oxygen atoms in total. The molecule has 0 saturated carbocycles. The zero-order valence-electron chi connectivity index (χ0n) is 24.8. The first-order valence-electron chi connectivity index (χ1n) is 15.6. The van der Waals surface area contributed by atoms with Gasteiger partial charge in [-0.2, -0.15) is 0 Å². The molecule has 0 radical (unpaired) electrons. The Morgan fingerprint density at radius 3 is 2.44 bits per heavy atom. The molecule has 4 aliphatic rings. The van der Waals surface area contributed by atoms with Gasteiger partial charge in [0.1, 0.15) is 5.75 Å². The summed E-state index contributed by atoms with van der Waals surface area (Å²) in [7, 11) is -1.03. The lowest BCUT2D eigenvalue weighted by Gasteiger charge is -2.43. The summed E-state index contributed by atoms with van der Waals surface area (Å²) in [5.41, 5.74) is 5.04. The summed E-state index contributed by atoms with van der Waals surface area (Å²) < 4.78 is 6.03. The van der Waals surface area contributed by atoms with Crippen molar-refractivity contribution in [2.75, 3.05) is 19.7 Å². The molecule has 1 aliphatic carbocycles. The first kappa shape index (κ1) is 29.8. The van der Waals surface area contributed by atoms with Crippen molar-refractivity contribution >= 4 is 25.0 Å². The number of imide groups is 1. The van der Waals surface area contributed by atoms with Crippen molar-refractivity contribution in [3.63, 3.8) is 0 Å². The van der Waals surface area contributed by atoms with Gasteiger partial charge in [-0.1, -0.05) is 54.1 Å². The molecule has 3 heterocycles. The normalized spacial score (nSPS) is 27.1. The van der Waals surface area contributed by atoms with E-state index in [2.05, 4.69) is 23.1 Å². The zero-order valence-corrected chi connectivity index (χ0v) is 24.8. The number of aliphatic hydroxyl groups is 1. The van der Waals surface area contributed by atoms with E-state index in [0.29, 0.717) is 19.3 Å². The van der Waals surface area contributed by atoms with Crippen LogP contribution in [-0.4, -0.2) is 75.8 Å². The van der Waals surface area contributed by atoms with Gasteiger partial charge in [-0.25, -0.2) is 0 Å². The van der Waals surface area contributed by atoms with E-state index in [-0.39, 0.29) is 42.5 Å². The third-order valence-electron chi connectivity index (χ3n) is 9.81. The minimum Gasteiger partial charge on any atom is -0.508 e. The Bertz CT molecular complexity index is 1390. The predicted molar refractivity (Wildman–Crippen MR) is 164 cm³/mol. The number of nitrogens with zero attached hydrogens (tertiary/aromatic N) is 2. The van der Waals surface area contributed by atoms with Gasteiger partial charge in [0, 0.05) is 25.7 Å². The second-order valence-electron chi connectivity index (χ2n) is 12.6. The Morgan fingerprint density at radius 1 is 1.02 bits per heavy atom. The highest BCUT2D eigenvalue weighted by molar-refractivity contribution is 6.43. The average Bonchev–Trinajstić information content (AvgIpc) is 3.26. The summed E-state index contributed by atoms with van der Waals surface area (Å²) in [6, 6.07) is 17.2. The molecule has 3 aliphatic heterocycles. The molecule has 2 aromatic carbocycles. The predicted octanol–water partition coefficient (Wildman–Crippen LogP) is 4.03. The smallest absolute Gasteiger partial charge is 0.455 e. The van der Waals surface area contributed by atoms with E-state index in [4.69, 9.17) is 4.65 Å². The molecular weight excluding hydrogens is 543 g/mol. The van der Waals surface area contributed by atoms with Gasteiger partial charge in [0.2, 0.25) is 11.8 Å². The van der Waals surface area contributed by atoms with Crippen LogP contribution in [0.25, 0.3) is 6.08 Å². The Morgan fingerprint density at radius 2 is 1.74 bits per heavy atom. The summed E-state index contributed by atoms with van der Waals surface area (Å²) in [5, 5.41) is 30.8. The molecule has 2 aromatic rings. The minimum absolute atomic E-state index is 0.118. The number of hydrogen-bond donors (Lipinski definition) is 3. The number of fused-ring (bicyclic) bond motifs is 3. The molecule has 9 heteroatoms. The Kier molecular flexibility index (Phi) is 8.86. The van der Waals surface area contributed by atoms with Crippen molar-refractivity contribution in [1.29, 1.82) is 0 Å². The summed E-state index contributed by atoms with van der Waals surface area (Å²) in [6.07, 6.45) is 5.03. The Hall–Kier alpha value is -3.24. The van der Waals surface area contributed by atoms with E-state index in [1.807, 2.05) is 37.3 Å². The standard InChI is InChI=1S/C34H41BN2O6/c1-22(17-23-8-10-27(39)11-9-23)7-12-30-31-25(21-38)18-28-32(29(31)19-35(42)43-30)34(41)37(33(28)40)26-13-15-36(16-14-26)20-24-5-3-2-4-6-24/h2-6,8-11,17,26,28-30,32,38-39,42H,7,12-16,18-21H2,1H3/b22-17+/t28-,29+,30-,32-/m1/s1. The van der Waals surface area contributed by atoms with Crippen LogP contribution in [0.15, 0.2) is 71.3 Å². The number of phenolic OH excluding ortho intramolecular Hbond substituents is 1. The van der Waals surface area contributed by atoms with Gasteiger partial charge in [-0.15, -0.1) is 0 Å². The fourth-order valence-electron chi connectivity index (χ4n) is 7.76. The summed E-state index contributed by atoms with van der Waals surface area (Å²) in [4.78, 5) is 31.8. The molecule has 6 rings (SSSR count).